The minimum Gasteiger partial charge on any atom is -0.478 e. The topological polar surface area (TPSA) is 185 Å². The van der Waals surface area contributed by atoms with Crippen LogP contribution < -0.4 is 16.4 Å². The number of halogens is 4. The smallest absolute Gasteiger partial charge is 0.478 e. The molecule has 6 rings (SSSR count). The number of amides is 1. The van der Waals surface area contributed by atoms with Gasteiger partial charge in [-0.15, -0.1) is 21.5 Å². The zero-order valence-electron chi connectivity index (χ0n) is 29.4. The Morgan fingerprint density at radius 2 is 1.67 bits per heavy atom. The summed E-state index contributed by atoms with van der Waals surface area (Å²) in [7, 11) is 0. The van der Waals surface area contributed by atoms with Gasteiger partial charge >= 0.3 is 18.1 Å². The summed E-state index contributed by atoms with van der Waals surface area (Å²) in [5, 5.41) is 34.0. The number of rotatable bonds is 7. The lowest BCUT2D eigenvalue weighted by atomic mass is 9.90. The molecule has 6 N–H and O–H groups in total. The monoisotopic (exact) mass is 783 g/mol. The number of hydrogen-bond donors (Lipinski definition) is 5. The van der Waals surface area contributed by atoms with Crippen LogP contribution in [0, 0.1) is 32.6 Å². The van der Waals surface area contributed by atoms with E-state index in [2.05, 4.69) is 51.1 Å². The second kappa shape index (κ2) is 16.8. The van der Waals surface area contributed by atoms with Crippen LogP contribution in [0.4, 0.5) is 18.9 Å². The third kappa shape index (κ3) is 9.27. The molecule has 1 aliphatic carbocycles. The van der Waals surface area contributed by atoms with Gasteiger partial charge < -0.3 is 26.6 Å². The van der Waals surface area contributed by atoms with Crippen molar-refractivity contribution in [3.8, 4) is 16.8 Å². The van der Waals surface area contributed by atoms with Crippen molar-refractivity contribution in [1.29, 1.82) is 0 Å². The van der Waals surface area contributed by atoms with Gasteiger partial charge in [-0.05, 0) is 82.3 Å². The van der Waals surface area contributed by atoms with Crippen molar-refractivity contribution in [2.75, 3.05) is 11.9 Å². The number of carbonyl (C=O) groups excluding carboxylic acids is 1. The molecule has 0 unspecified atom stereocenters. The number of fused-ring (bicyclic) bond motifs is 3. The number of carbonyl (C=O) groups is 3. The molecule has 2 aliphatic rings. The van der Waals surface area contributed by atoms with Crippen LogP contribution in [0.2, 0.25) is 5.02 Å². The molecule has 2 aromatic carbocycles. The predicted octanol–water partition coefficient (Wildman–Crippen LogP) is 6.37. The molecule has 1 atom stereocenters. The quantitative estimate of drug-likeness (QED) is 0.133. The van der Waals surface area contributed by atoms with Crippen molar-refractivity contribution >= 4 is 52.2 Å². The number of alkyl halides is 3. The molecule has 17 heteroatoms. The summed E-state index contributed by atoms with van der Waals surface area (Å²) in [6.07, 6.45) is -1.62. The highest BCUT2D eigenvalue weighted by molar-refractivity contribution is 7.15. The van der Waals surface area contributed by atoms with Gasteiger partial charge in [0.25, 0.3) is 0 Å². The number of nitrogens with one attached hydrogen (secondary N) is 2. The Hall–Kier alpha value is -5.24. The van der Waals surface area contributed by atoms with Crippen molar-refractivity contribution < 1.29 is 37.8 Å². The standard InChI is InChI=1S/C35H36ClN7O3S.C2HF3O2/c1-19-20(2)47-34-31(19)32(22-6-8-24(36)9-7-22)40-29(33-42-41-21(3)43(33)34)18-30(44)39-26-12-10-25(11-13-26)38-27-14-15-28(35(45)46)23(17-27)5-4-16-37;3-2(4,5)1(6)7/h6-9,14-15,17,25-26,29,38H,10-13,16,18,37H2,1-3H3,(H,39,44)(H,45,46);(H,6,7)/t25?,26?,29-;/m0./s1. The Bertz CT molecular complexity index is 2150. The Balaban J connectivity index is 0.000000730. The maximum atomic E-state index is 13.6. The highest BCUT2D eigenvalue weighted by Crippen LogP contribution is 2.39. The maximum absolute atomic E-state index is 13.6. The average Bonchev–Trinajstić information content (AvgIpc) is 3.60. The summed E-state index contributed by atoms with van der Waals surface area (Å²) in [5.41, 5.74) is 10.8. The molecular weight excluding hydrogens is 747 g/mol. The van der Waals surface area contributed by atoms with E-state index >= 15 is 0 Å². The van der Waals surface area contributed by atoms with Crippen molar-refractivity contribution in [1.82, 2.24) is 20.1 Å². The second-order valence-corrected chi connectivity index (χ2v) is 14.4. The third-order valence-corrected chi connectivity index (χ3v) is 10.5. The van der Waals surface area contributed by atoms with E-state index < -0.39 is 24.2 Å². The first kappa shape index (κ1) is 40.0. The number of aliphatic carboxylic acids is 1. The second-order valence-electron chi connectivity index (χ2n) is 12.7. The first-order chi connectivity index (χ1) is 25.6. The van der Waals surface area contributed by atoms with Gasteiger partial charge in [-0.1, -0.05) is 35.6 Å². The van der Waals surface area contributed by atoms with Gasteiger partial charge in [0.1, 0.15) is 16.9 Å². The summed E-state index contributed by atoms with van der Waals surface area (Å²) in [4.78, 5) is 40.5. The molecule has 12 nitrogen and oxygen atoms in total. The fourth-order valence-electron chi connectivity index (χ4n) is 6.28. The number of nitrogens with two attached hydrogens (primary N) is 1. The Morgan fingerprint density at radius 3 is 2.28 bits per heavy atom. The largest absolute Gasteiger partial charge is 0.490 e. The maximum Gasteiger partial charge on any atom is 0.490 e. The number of aryl methyl sites for hydroxylation is 2. The number of carboxylic acids is 2. The summed E-state index contributed by atoms with van der Waals surface area (Å²) in [6.45, 7) is 6.29. The molecule has 1 saturated carbocycles. The van der Waals surface area contributed by atoms with E-state index in [1.807, 2.05) is 31.2 Å². The molecule has 1 aliphatic heterocycles. The molecule has 0 spiro atoms. The molecule has 3 heterocycles. The molecule has 1 fully saturated rings. The van der Waals surface area contributed by atoms with Crippen LogP contribution in [0.5, 0.6) is 0 Å². The molecular formula is C37H37ClF3N7O5S. The molecule has 0 bridgehead atoms. The van der Waals surface area contributed by atoms with Crippen LogP contribution in [0.1, 0.15) is 87.3 Å². The van der Waals surface area contributed by atoms with E-state index in [1.54, 1.807) is 29.5 Å². The number of carboxylic acid groups (broad SMARTS) is 2. The van der Waals surface area contributed by atoms with E-state index in [4.69, 9.17) is 32.2 Å². The number of hydrogen-bond acceptors (Lipinski definition) is 9. The van der Waals surface area contributed by atoms with Gasteiger partial charge in [0, 0.05) is 44.4 Å². The Labute approximate surface area is 317 Å². The Kier molecular flexibility index (Phi) is 12.5. The van der Waals surface area contributed by atoms with Gasteiger partial charge in [-0.2, -0.15) is 13.2 Å². The van der Waals surface area contributed by atoms with Crippen LogP contribution in [0.3, 0.4) is 0 Å². The number of nitrogens with zero attached hydrogens (tertiary/aromatic N) is 4. The van der Waals surface area contributed by atoms with Gasteiger partial charge in [0.05, 0.1) is 24.2 Å². The molecule has 2 aromatic heterocycles. The molecule has 54 heavy (non-hydrogen) atoms. The highest BCUT2D eigenvalue weighted by Gasteiger charge is 2.38. The number of aromatic nitrogens is 3. The van der Waals surface area contributed by atoms with Crippen molar-refractivity contribution in [3.05, 3.63) is 91.8 Å². The lowest BCUT2D eigenvalue weighted by molar-refractivity contribution is -0.192. The van der Waals surface area contributed by atoms with Crippen molar-refractivity contribution in [2.24, 2.45) is 10.7 Å². The first-order valence-corrected chi connectivity index (χ1v) is 18.1. The molecule has 4 aromatic rings. The summed E-state index contributed by atoms with van der Waals surface area (Å²) >= 11 is 7.91. The average molecular weight is 784 g/mol. The summed E-state index contributed by atoms with van der Waals surface area (Å²) in [5.74, 6) is 3.14. The lowest BCUT2D eigenvalue weighted by Crippen LogP contribution is -2.40. The van der Waals surface area contributed by atoms with E-state index in [1.165, 1.54) is 4.88 Å². The van der Waals surface area contributed by atoms with E-state index in [0.29, 0.717) is 16.4 Å². The van der Waals surface area contributed by atoms with E-state index in [-0.39, 0.29) is 36.5 Å². The van der Waals surface area contributed by atoms with Crippen LogP contribution in [0.25, 0.3) is 5.00 Å². The van der Waals surface area contributed by atoms with E-state index in [0.717, 1.165) is 64.6 Å². The van der Waals surface area contributed by atoms with Gasteiger partial charge in [-0.25, -0.2) is 9.59 Å². The number of thiophene rings is 1. The SMILES string of the molecule is Cc1sc2c(c1C)C(c1ccc(Cl)cc1)=N[C@@H](CC(=O)NC1CCC(Nc3ccc(C(=O)O)c(C#CCN)c3)CC1)c1nnc(C)n1-2.O=C(O)C(F)(F)F. The van der Waals surface area contributed by atoms with Crippen LogP contribution in [-0.4, -0.2) is 73.3 Å². The third-order valence-electron chi connectivity index (χ3n) is 9.02. The summed E-state index contributed by atoms with van der Waals surface area (Å²) in [6, 6.07) is 12.4. The highest BCUT2D eigenvalue weighted by atomic mass is 35.5. The predicted molar refractivity (Wildman–Crippen MR) is 199 cm³/mol. The van der Waals surface area contributed by atoms with Gasteiger partial charge in [0.2, 0.25) is 5.91 Å². The lowest BCUT2D eigenvalue weighted by Gasteiger charge is -2.30. The minimum atomic E-state index is -5.08. The fourth-order valence-corrected chi connectivity index (χ4v) is 7.62. The molecule has 0 saturated heterocycles. The minimum absolute atomic E-state index is 0.0394. The van der Waals surface area contributed by atoms with Crippen molar-refractivity contribution in [2.45, 2.75) is 77.2 Å². The molecule has 284 valence electrons. The molecule has 0 radical (unpaired) electrons. The number of anilines is 1. The number of aliphatic imine (C=N–C) groups is 1. The van der Waals surface area contributed by atoms with Crippen LogP contribution >= 0.6 is 22.9 Å². The molecule has 1 amide bonds. The van der Waals surface area contributed by atoms with Crippen LogP contribution in [0.15, 0.2) is 47.5 Å². The zero-order valence-corrected chi connectivity index (χ0v) is 31.0. The van der Waals surface area contributed by atoms with E-state index in [9.17, 15) is 27.9 Å². The van der Waals surface area contributed by atoms with Crippen molar-refractivity contribution in [3.63, 3.8) is 0 Å². The Morgan fingerprint density at radius 1 is 1.02 bits per heavy atom. The zero-order chi connectivity index (χ0) is 39.3. The number of aromatic carboxylic acids is 1. The normalized spacial score (nSPS) is 17.6. The summed E-state index contributed by atoms with van der Waals surface area (Å²) < 4.78 is 33.8. The number of benzene rings is 2. The first-order valence-electron chi connectivity index (χ1n) is 16.9. The van der Waals surface area contributed by atoms with Crippen LogP contribution in [-0.2, 0) is 9.59 Å². The fraction of sp³-hybridized carbons (Fsp3) is 0.351. The van der Waals surface area contributed by atoms with Gasteiger partial charge in [-0.3, -0.25) is 14.4 Å². The van der Waals surface area contributed by atoms with Gasteiger partial charge in [0.15, 0.2) is 5.82 Å².